The Balaban J connectivity index is 2.71. The molecule has 0 saturated carbocycles. The molecule has 1 aliphatic rings. The molecule has 4 N–H and O–H groups in total. The molecule has 0 spiro atoms. The van der Waals surface area contributed by atoms with Gasteiger partial charge in [0.2, 0.25) is 0 Å². The summed E-state index contributed by atoms with van der Waals surface area (Å²) in [6, 6.07) is -0.646. The molecule has 18 heavy (non-hydrogen) atoms. The van der Waals surface area contributed by atoms with Crippen molar-refractivity contribution in [1.82, 2.24) is 9.03 Å². The van der Waals surface area contributed by atoms with E-state index in [4.69, 9.17) is 10.9 Å². The van der Waals surface area contributed by atoms with Crippen LogP contribution in [0.1, 0.15) is 39.0 Å². The van der Waals surface area contributed by atoms with Crippen LogP contribution < -0.4 is 10.5 Å². The average molecular weight is 278 g/mol. The van der Waals surface area contributed by atoms with Crippen molar-refractivity contribution < 1.29 is 13.6 Å². The van der Waals surface area contributed by atoms with Gasteiger partial charge >= 0.3 is 0 Å². The third-order valence-corrected chi connectivity index (χ3v) is 4.62. The molecule has 1 atom stereocenters. The molecule has 0 bridgehead atoms. The number of amidine groups is 1. The van der Waals surface area contributed by atoms with E-state index >= 15 is 0 Å². The Labute approximate surface area is 108 Å². The predicted octanol–water partition coefficient (Wildman–Crippen LogP) is 0.222. The SMILES string of the molecule is CCCC(NS(=O)(=O)N1CCCCC1)/C(N)=N/O. The van der Waals surface area contributed by atoms with Crippen molar-refractivity contribution in [3.8, 4) is 0 Å². The zero-order chi connectivity index (χ0) is 13.6. The summed E-state index contributed by atoms with van der Waals surface area (Å²) in [4.78, 5) is 0. The number of nitrogens with one attached hydrogen (secondary N) is 1. The summed E-state index contributed by atoms with van der Waals surface area (Å²) in [6.45, 7) is 2.97. The molecule has 7 nitrogen and oxygen atoms in total. The molecule has 1 fully saturated rings. The van der Waals surface area contributed by atoms with Gasteiger partial charge in [-0.3, -0.25) is 0 Å². The van der Waals surface area contributed by atoms with E-state index in [1.807, 2.05) is 6.92 Å². The number of hydrogen-bond donors (Lipinski definition) is 3. The number of nitrogens with zero attached hydrogens (tertiary/aromatic N) is 2. The van der Waals surface area contributed by atoms with Gasteiger partial charge in [0.25, 0.3) is 10.2 Å². The van der Waals surface area contributed by atoms with Gasteiger partial charge in [0, 0.05) is 13.1 Å². The van der Waals surface area contributed by atoms with Gasteiger partial charge in [-0.05, 0) is 19.3 Å². The minimum absolute atomic E-state index is 0.0996. The standard InChI is InChI=1S/C10H22N4O3S/c1-2-6-9(10(11)12-15)13-18(16,17)14-7-4-3-5-8-14/h9,13,15H,2-8H2,1H3,(H2,11,12). The van der Waals surface area contributed by atoms with Gasteiger partial charge < -0.3 is 10.9 Å². The highest BCUT2D eigenvalue weighted by molar-refractivity contribution is 7.87. The van der Waals surface area contributed by atoms with E-state index in [0.717, 1.165) is 25.7 Å². The number of rotatable bonds is 6. The monoisotopic (exact) mass is 278 g/mol. The summed E-state index contributed by atoms with van der Waals surface area (Å²) in [5.41, 5.74) is 5.49. The quantitative estimate of drug-likeness (QED) is 0.279. The summed E-state index contributed by atoms with van der Waals surface area (Å²) in [5, 5.41) is 11.5. The molecule has 1 unspecified atom stereocenters. The maximum absolute atomic E-state index is 12.1. The summed E-state index contributed by atoms with van der Waals surface area (Å²) >= 11 is 0. The normalized spacial score (nSPS) is 20.8. The maximum Gasteiger partial charge on any atom is 0.280 e. The van der Waals surface area contributed by atoms with Crippen LogP contribution in [-0.4, -0.2) is 42.9 Å². The Morgan fingerprint density at radius 3 is 2.56 bits per heavy atom. The molecule has 0 aromatic carbocycles. The van der Waals surface area contributed by atoms with E-state index in [-0.39, 0.29) is 5.84 Å². The second-order valence-corrected chi connectivity index (χ2v) is 6.15. The fraction of sp³-hybridized carbons (Fsp3) is 0.900. The highest BCUT2D eigenvalue weighted by Crippen LogP contribution is 2.13. The second kappa shape index (κ2) is 6.91. The first-order chi connectivity index (χ1) is 8.51. The topological polar surface area (TPSA) is 108 Å². The molecule has 0 amide bonds. The number of oxime groups is 1. The van der Waals surface area contributed by atoms with E-state index in [1.165, 1.54) is 4.31 Å². The van der Waals surface area contributed by atoms with Gasteiger partial charge in [-0.1, -0.05) is 24.9 Å². The summed E-state index contributed by atoms with van der Waals surface area (Å²) < 4.78 is 28.1. The molecule has 1 saturated heterocycles. The van der Waals surface area contributed by atoms with Crippen molar-refractivity contribution in [3.63, 3.8) is 0 Å². The molecule has 106 valence electrons. The predicted molar refractivity (Wildman–Crippen MR) is 69.6 cm³/mol. The Morgan fingerprint density at radius 2 is 2.06 bits per heavy atom. The first-order valence-electron chi connectivity index (χ1n) is 6.26. The molecule has 8 heteroatoms. The Hall–Kier alpha value is -0.860. The van der Waals surface area contributed by atoms with Crippen LogP contribution in [-0.2, 0) is 10.2 Å². The zero-order valence-corrected chi connectivity index (χ0v) is 11.5. The van der Waals surface area contributed by atoms with E-state index in [0.29, 0.717) is 19.5 Å². The lowest BCUT2D eigenvalue weighted by molar-refractivity contribution is 0.314. The van der Waals surface area contributed by atoms with Gasteiger partial charge in [-0.25, -0.2) is 0 Å². The van der Waals surface area contributed by atoms with Gasteiger partial charge in [0.15, 0.2) is 5.84 Å². The molecule has 1 heterocycles. The van der Waals surface area contributed by atoms with E-state index < -0.39 is 16.3 Å². The fourth-order valence-corrected chi connectivity index (χ4v) is 3.47. The lowest BCUT2D eigenvalue weighted by atomic mass is 10.2. The Bertz CT molecular complexity index is 377. The number of hydrogen-bond acceptors (Lipinski definition) is 4. The lowest BCUT2D eigenvalue weighted by Crippen LogP contribution is -2.51. The highest BCUT2D eigenvalue weighted by Gasteiger charge is 2.27. The van der Waals surface area contributed by atoms with Crippen LogP contribution in [0.4, 0.5) is 0 Å². The van der Waals surface area contributed by atoms with Crippen LogP contribution in [0.2, 0.25) is 0 Å². The van der Waals surface area contributed by atoms with Crippen LogP contribution in [0.25, 0.3) is 0 Å². The van der Waals surface area contributed by atoms with Gasteiger partial charge in [-0.15, -0.1) is 0 Å². The van der Waals surface area contributed by atoms with Crippen molar-refractivity contribution in [2.45, 2.75) is 45.1 Å². The van der Waals surface area contributed by atoms with Crippen molar-refractivity contribution in [1.29, 1.82) is 0 Å². The van der Waals surface area contributed by atoms with Crippen LogP contribution in [0.15, 0.2) is 5.16 Å². The van der Waals surface area contributed by atoms with Gasteiger partial charge in [0.1, 0.15) is 0 Å². The Kier molecular flexibility index (Phi) is 5.83. The number of nitrogens with two attached hydrogens (primary N) is 1. The van der Waals surface area contributed by atoms with Crippen molar-refractivity contribution in [2.75, 3.05) is 13.1 Å². The summed E-state index contributed by atoms with van der Waals surface area (Å²) in [7, 11) is -3.55. The molecule has 0 radical (unpaired) electrons. The zero-order valence-electron chi connectivity index (χ0n) is 10.7. The minimum Gasteiger partial charge on any atom is -0.409 e. The molecule has 0 aliphatic carbocycles. The first-order valence-corrected chi connectivity index (χ1v) is 7.70. The third-order valence-electron chi connectivity index (χ3n) is 3.00. The largest absolute Gasteiger partial charge is 0.409 e. The maximum atomic E-state index is 12.1. The van der Waals surface area contributed by atoms with E-state index in [9.17, 15) is 8.42 Å². The molecule has 0 aromatic rings. The molecule has 0 aromatic heterocycles. The third kappa shape index (κ3) is 4.11. The minimum atomic E-state index is -3.55. The van der Waals surface area contributed by atoms with Crippen molar-refractivity contribution in [3.05, 3.63) is 0 Å². The first kappa shape index (κ1) is 15.2. The summed E-state index contributed by atoms with van der Waals surface area (Å²) in [5.74, 6) is -0.0996. The van der Waals surface area contributed by atoms with Crippen molar-refractivity contribution >= 4 is 16.0 Å². The van der Waals surface area contributed by atoms with Gasteiger partial charge in [-0.2, -0.15) is 17.4 Å². The van der Waals surface area contributed by atoms with Crippen LogP contribution in [0.5, 0.6) is 0 Å². The van der Waals surface area contributed by atoms with Crippen LogP contribution in [0, 0.1) is 0 Å². The number of piperidine rings is 1. The Morgan fingerprint density at radius 1 is 1.44 bits per heavy atom. The van der Waals surface area contributed by atoms with Crippen LogP contribution in [0.3, 0.4) is 0 Å². The molecule has 1 aliphatic heterocycles. The lowest BCUT2D eigenvalue weighted by Gasteiger charge is -2.28. The van der Waals surface area contributed by atoms with E-state index in [1.54, 1.807) is 0 Å². The fourth-order valence-electron chi connectivity index (χ4n) is 1.99. The summed E-state index contributed by atoms with van der Waals surface area (Å²) in [6.07, 6.45) is 4.06. The van der Waals surface area contributed by atoms with Crippen molar-refractivity contribution in [2.24, 2.45) is 10.9 Å². The van der Waals surface area contributed by atoms with Gasteiger partial charge in [0.05, 0.1) is 6.04 Å². The second-order valence-electron chi connectivity index (χ2n) is 4.45. The average Bonchev–Trinajstić information content (AvgIpc) is 2.38. The highest BCUT2D eigenvalue weighted by atomic mass is 32.2. The van der Waals surface area contributed by atoms with E-state index in [2.05, 4.69) is 9.88 Å². The van der Waals surface area contributed by atoms with Crippen LogP contribution >= 0.6 is 0 Å². The molecule has 1 rings (SSSR count). The molecular weight excluding hydrogens is 256 g/mol. The smallest absolute Gasteiger partial charge is 0.280 e. The molecular formula is C10H22N4O3S.